The van der Waals surface area contributed by atoms with Crippen molar-refractivity contribution < 1.29 is 14.3 Å². The van der Waals surface area contributed by atoms with Crippen LogP contribution >= 0.6 is 0 Å². The summed E-state index contributed by atoms with van der Waals surface area (Å²) in [6.07, 6.45) is 4.30. The molecule has 1 N–H and O–H groups in total. The standard InChI is InChI=1S/C14H21NO3/c1-3-11(12-6-4-9-18-12)15-8-5-7-14(2,10-15)13(16)17/h4,6,9,11H,3,5,7-8,10H2,1-2H3,(H,16,17). The number of aliphatic carboxylic acids is 1. The van der Waals surface area contributed by atoms with Crippen LogP contribution in [-0.2, 0) is 4.79 Å². The second-order valence-electron chi connectivity index (χ2n) is 5.38. The number of furan rings is 1. The minimum Gasteiger partial charge on any atom is -0.481 e. The summed E-state index contributed by atoms with van der Waals surface area (Å²) in [4.78, 5) is 13.6. The van der Waals surface area contributed by atoms with Crippen molar-refractivity contribution in [3.05, 3.63) is 24.2 Å². The Bertz CT molecular complexity index is 401. The predicted molar refractivity (Wildman–Crippen MR) is 68.3 cm³/mol. The minimum absolute atomic E-state index is 0.193. The molecule has 1 saturated heterocycles. The summed E-state index contributed by atoms with van der Waals surface area (Å²) >= 11 is 0. The topological polar surface area (TPSA) is 53.7 Å². The fourth-order valence-electron chi connectivity index (χ4n) is 2.84. The highest BCUT2D eigenvalue weighted by Crippen LogP contribution is 2.35. The Morgan fingerprint density at radius 1 is 1.67 bits per heavy atom. The van der Waals surface area contributed by atoms with E-state index in [2.05, 4.69) is 11.8 Å². The molecule has 0 amide bonds. The Balaban J connectivity index is 2.15. The molecule has 0 aromatic carbocycles. The van der Waals surface area contributed by atoms with Crippen LogP contribution in [0.3, 0.4) is 0 Å². The van der Waals surface area contributed by atoms with Gasteiger partial charge in [-0.15, -0.1) is 0 Å². The Morgan fingerprint density at radius 3 is 3.00 bits per heavy atom. The summed E-state index contributed by atoms with van der Waals surface area (Å²) in [6.45, 7) is 5.50. The summed E-state index contributed by atoms with van der Waals surface area (Å²) in [7, 11) is 0. The number of nitrogens with zero attached hydrogens (tertiary/aromatic N) is 1. The van der Waals surface area contributed by atoms with Crippen LogP contribution in [-0.4, -0.2) is 29.1 Å². The van der Waals surface area contributed by atoms with Gasteiger partial charge >= 0.3 is 5.97 Å². The highest BCUT2D eigenvalue weighted by molar-refractivity contribution is 5.74. The molecular formula is C14H21NO3. The number of likely N-dealkylation sites (tertiary alicyclic amines) is 1. The van der Waals surface area contributed by atoms with E-state index in [1.807, 2.05) is 19.1 Å². The van der Waals surface area contributed by atoms with Gasteiger partial charge in [-0.2, -0.15) is 0 Å². The van der Waals surface area contributed by atoms with Crippen molar-refractivity contribution in [2.24, 2.45) is 5.41 Å². The van der Waals surface area contributed by atoms with E-state index in [-0.39, 0.29) is 6.04 Å². The lowest BCUT2D eigenvalue weighted by atomic mass is 9.81. The van der Waals surface area contributed by atoms with E-state index in [9.17, 15) is 9.90 Å². The quantitative estimate of drug-likeness (QED) is 0.894. The molecule has 0 radical (unpaired) electrons. The van der Waals surface area contributed by atoms with Gasteiger partial charge in [0.2, 0.25) is 0 Å². The number of hydrogen-bond acceptors (Lipinski definition) is 3. The van der Waals surface area contributed by atoms with Crippen molar-refractivity contribution in [2.45, 2.75) is 39.2 Å². The van der Waals surface area contributed by atoms with Crippen molar-refractivity contribution in [2.75, 3.05) is 13.1 Å². The number of carboxylic acids is 1. The molecule has 0 spiro atoms. The molecule has 1 fully saturated rings. The van der Waals surface area contributed by atoms with Crippen molar-refractivity contribution in [1.82, 2.24) is 4.90 Å². The first-order valence-corrected chi connectivity index (χ1v) is 6.57. The third kappa shape index (κ3) is 2.43. The highest BCUT2D eigenvalue weighted by Gasteiger charge is 2.40. The lowest BCUT2D eigenvalue weighted by Gasteiger charge is -2.40. The maximum absolute atomic E-state index is 11.4. The van der Waals surface area contributed by atoms with Crippen LogP contribution in [0.2, 0.25) is 0 Å². The zero-order valence-corrected chi connectivity index (χ0v) is 11.1. The lowest BCUT2D eigenvalue weighted by Crippen LogP contribution is -2.47. The van der Waals surface area contributed by atoms with Gasteiger partial charge in [0.15, 0.2) is 0 Å². The summed E-state index contributed by atoms with van der Waals surface area (Å²) in [6, 6.07) is 4.05. The highest BCUT2D eigenvalue weighted by atomic mass is 16.4. The molecule has 0 saturated carbocycles. The van der Waals surface area contributed by atoms with Crippen molar-refractivity contribution in [3.8, 4) is 0 Å². The van der Waals surface area contributed by atoms with Crippen LogP contribution in [0.15, 0.2) is 22.8 Å². The van der Waals surface area contributed by atoms with Gasteiger partial charge < -0.3 is 9.52 Å². The van der Waals surface area contributed by atoms with E-state index in [1.165, 1.54) is 0 Å². The average molecular weight is 251 g/mol. The first-order valence-electron chi connectivity index (χ1n) is 6.57. The van der Waals surface area contributed by atoms with Gasteiger partial charge in [0.25, 0.3) is 0 Å². The van der Waals surface area contributed by atoms with E-state index in [4.69, 9.17) is 4.42 Å². The first-order chi connectivity index (χ1) is 8.57. The molecule has 4 heteroatoms. The van der Waals surface area contributed by atoms with Gasteiger partial charge in [0, 0.05) is 6.54 Å². The molecule has 18 heavy (non-hydrogen) atoms. The normalized spacial score (nSPS) is 27.0. The van der Waals surface area contributed by atoms with E-state index in [0.29, 0.717) is 6.54 Å². The molecule has 1 aromatic rings. The summed E-state index contributed by atoms with van der Waals surface area (Å²) < 4.78 is 5.48. The lowest BCUT2D eigenvalue weighted by molar-refractivity contribution is -0.152. The summed E-state index contributed by atoms with van der Waals surface area (Å²) in [5.41, 5.74) is -0.627. The molecule has 2 unspecified atom stereocenters. The average Bonchev–Trinajstić information content (AvgIpc) is 2.84. The number of carboxylic acid groups (broad SMARTS) is 1. The molecule has 4 nitrogen and oxygen atoms in total. The molecule has 0 aliphatic carbocycles. The Kier molecular flexibility index (Phi) is 3.76. The van der Waals surface area contributed by atoms with Gasteiger partial charge in [0.1, 0.15) is 5.76 Å². The number of carbonyl (C=O) groups is 1. The predicted octanol–water partition coefficient (Wildman–Crippen LogP) is 2.92. The van der Waals surface area contributed by atoms with Crippen LogP contribution in [0.25, 0.3) is 0 Å². The largest absolute Gasteiger partial charge is 0.481 e. The Morgan fingerprint density at radius 2 is 2.44 bits per heavy atom. The van der Waals surface area contributed by atoms with Crippen molar-refractivity contribution >= 4 is 5.97 Å². The van der Waals surface area contributed by atoms with E-state index in [0.717, 1.165) is 31.6 Å². The second kappa shape index (κ2) is 5.14. The SMILES string of the molecule is CCC(c1ccco1)N1CCCC(C)(C(=O)O)C1. The van der Waals surface area contributed by atoms with Crippen LogP contribution < -0.4 is 0 Å². The molecule has 1 aliphatic heterocycles. The zero-order valence-electron chi connectivity index (χ0n) is 11.1. The molecule has 100 valence electrons. The zero-order chi connectivity index (χ0) is 13.2. The van der Waals surface area contributed by atoms with E-state index in [1.54, 1.807) is 6.26 Å². The molecular weight excluding hydrogens is 230 g/mol. The van der Waals surface area contributed by atoms with Gasteiger partial charge in [-0.1, -0.05) is 6.92 Å². The van der Waals surface area contributed by atoms with Crippen LogP contribution in [0, 0.1) is 5.41 Å². The van der Waals surface area contributed by atoms with Gasteiger partial charge in [-0.25, -0.2) is 0 Å². The molecule has 2 rings (SSSR count). The summed E-state index contributed by atoms with van der Waals surface area (Å²) in [5, 5.41) is 9.35. The number of hydrogen-bond donors (Lipinski definition) is 1. The van der Waals surface area contributed by atoms with E-state index >= 15 is 0 Å². The second-order valence-corrected chi connectivity index (χ2v) is 5.38. The van der Waals surface area contributed by atoms with Crippen LogP contribution in [0.5, 0.6) is 0 Å². The van der Waals surface area contributed by atoms with Gasteiger partial charge in [0.05, 0.1) is 17.7 Å². The molecule has 1 aromatic heterocycles. The summed E-state index contributed by atoms with van der Waals surface area (Å²) in [5.74, 6) is 0.244. The van der Waals surface area contributed by atoms with Crippen LogP contribution in [0.1, 0.15) is 44.9 Å². The monoisotopic (exact) mass is 251 g/mol. The third-order valence-electron chi connectivity index (χ3n) is 3.94. The van der Waals surface area contributed by atoms with Crippen LogP contribution in [0.4, 0.5) is 0 Å². The first kappa shape index (κ1) is 13.1. The fraction of sp³-hybridized carbons (Fsp3) is 0.643. The molecule has 2 heterocycles. The van der Waals surface area contributed by atoms with Crippen molar-refractivity contribution in [3.63, 3.8) is 0 Å². The maximum atomic E-state index is 11.4. The smallest absolute Gasteiger partial charge is 0.310 e. The van der Waals surface area contributed by atoms with Gasteiger partial charge in [-0.05, 0) is 44.9 Å². The number of piperidine rings is 1. The maximum Gasteiger partial charge on any atom is 0.310 e. The Hall–Kier alpha value is -1.29. The molecule has 2 atom stereocenters. The third-order valence-corrected chi connectivity index (χ3v) is 3.94. The van der Waals surface area contributed by atoms with Gasteiger partial charge in [-0.3, -0.25) is 9.69 Å². The minimum atomic E-state index is -0.693. The fourth-order valence-corrected chi connectivity index (χ4v) is 2.84. The number of rotatable bonds is 4. The molecule has 1 aliphatic rings. The van der Waals surface area contributed by atoms with E-state index < -0.39 is 11.4 Å². The Labute approximate surface area is 108 Å². The van der Waals surface area contributed by atoms with Crippen molar-refractivity contribution in [1.29, 1.82) is 0 Å². The molecule has 0 bridgehead atoms.